The molecule has 0 bridgehead atoms. The molecule has 0 aromatic rings. The molecule has 0 spiro atoms. The Morgan fingerprint density at radius 1 is 1.18 bits per heavy atom. The Kier molecular flexibility index (Phi) is 11.0. The molecule has 0 saturated heterocycles. The Morgan fingerprint density at radius 2 is 1.45 bits per heavy atom. The third kappa shape index (κ3) is 18.8. The Labute approximate surface area is 100 Å². The van der Waals surface area contributed by atoms with Crippen LogP contribution in [0.1, 0.15) is 0 Å². The van der Waals surface area contributed by atoms with E-state index in [1.807, 2.05) is 0 Å². The van der Waals surface area contributed by atoms with Gasteiger partial charge in [-0.05, 0) is 0 Å². The van der Waals surface area contributed by atoms with Gasteiger partial charge >= 0.3 is 52.6 Å². The summed E-state index contributed by atoms with van der Waals surface area (Å²) in [5.41, 5.74) is 0. The van der Waals surface area contributed by atoms with Crippen LogP contribution >= 0.6 is 15.6 Å². The molecule has 56 valence electrons. The summed E-state index contributed by atoms with van der Waals surface area (Å²) in [5.74, 6) is 0. The smallest absolute Gasteiger partial charge is 0.790 e. The average molecular weight is 222 g/mol. The van der Waals surface area contributed by atoms with E-state index in [0.29, 0.717) is 0 Å². The van der Waals surface area contributed by atoms with Crippen LogP contribution in [-0.2, 0) is 13.4 Å². The molecule has 0 aliphatic carbocycles. The van der Waals surface area contributed by atoms with E-state index in [-0.39, 0.29) is 52.6 Å². The summed E-state index contributed by atoms with van der Waals surface area (Å²) in [6, 6.07) is 0. The topological polar surface area (TPSA) is 133 Å². The van der Waals surface area contributed by atoms with E-state index in [9.17, 15) is 23.8 Å². The van der Waals surface area contributed by atoms with Gasteiger partial charge in [0.25, 0.3) is 7.82 Å². The predicted octanol–water partition coefficient (Wildman–Crippen LogP) is -6.08. The van der Waals surface area contributed by atoms with Crippen LogP contribution < -0.4 is 44.2 Å². The third-order valence-corrected chi connectivity index (χ3v) is 1.83. The minimum absolute atomic E-state index is 0. The number of phosphoric acid groups is 2. The van der Waals surface area contributed by atoms with E-state index in [4.69, 9.17) is 4.89 Å². The van der Waals surface area contributed by atoms with Crippen LogP contribution in [0.3, 0.4) is 0 Å². The number of hydrogen-bond acceptors (Lipinski definition) is 6. The summed E-state index contributed by atoms with van der Waals surface area (Å²) in [5, 5.41) is 0. The fourth-order valence-electron chi connectivity index (χ4n) is 0.126. The molecule has 11 heteroatoms. The molecule has 0 radical (unpaired) electrons. The predicted molar refractivity (Wildman–Crippen MR) is 24.3 cm³/mol. The van der Waals surface area contributed by atoms with Crippen LogP contribution in [0.4, 0.5) is 0 Å². The summed E-state index contributed by atoms with van der Waals surface area (Å²) < 4.78 is 21.4. The SMILES string of the molecule is O=P([O-])([O-])OP(=O)([O-])O.[Mg+2].[Na+]. The van der Waals surface area contributed by atoms with Gasteiger partial charge in [0.1, 0.15) is 0 Å². The van der Waals surface area contributed by atoms with Gasteiger partial charge in [0.15, 0.2) is 0 Å². The van der Waals surface area contributed by atoms with Crippen LogP contribution in [0, 0.1) is 0 Å². The van der Waals surface area contributed by atoms with Crippen LogP contribution in [0.25, 0.3) is 0 Å². The second-order valence-corrected chi connectivity index (χ2v) is 3.48. The fraction of sp³-hybridized carbons (Fsp3) is 0. The van der Waals surface area contributed by atoms with Crippen molar-refractivity contribution in [2.45, 2.75) is 0 Å². The van der Waals surface area contributed by atoms with Gasteiger partial charge in [-0.2, -0.15) is 0 Å². The van der Waals surface area contributed by atoms with Crippen molar-refractivity contribution >= 4 is 38.7 Å². The fourth-order valence-corrected chi connectivity index (χ4v) is 1.14. The first-order valence-electron chi connectivity index (χ1n) is 1.48. The summed E-state index contributed by atoms with van der Waals surface area (Å²) in [7, 11) is -11.0. The number of hydrogen-bond donors (Lipinski definition) is 1. The second kappa shape index (κ2) is 6.48. The van der Waals surface area contributed by atoms with Gasteiger partial charge in [0.05, 0.1) is 7.82 Å². The molecule has 11 heavy (non-hydrogen) atoms. The van der Waals surface area contributed by atoms with E-state index in [0.717, 1.165) is 0 Å². The Morgan fingerprint density at radius 3 is 1.45 bits per heavy atom. The third-order valence-electron chi connectivity index (χ3n) is 0.203. The first-order valence-corrected chi connectivity index (χ1v) is 4.43. The monoisotopic (exact) mass is 222 g/mol. The minimum Gasteiger partial charge on any atom is -0.790 e. The van der Waals surface area contributed by atoms with Crippen molar-refractivity contribution in [3.05, 3.63) is 0 Å². The van der Waals surface area contributed by atoms with E-state index >= 15 is 0 Å². The Bertz CT molecular complexity index is 157. The van der Waals surface area contributed by atoms with E-state index in [1.54, 1.807) is 0 Å². The molecule has 0 fully saturated rings. The largest absolute Gasteiger partial charge is 2.00 e. The summed E-state index contributed by atoms with van der Waals surface area (Å²) in [4.78, 5) is 35.7. The maximum absolute atomic E-state index is 9.44. The molecule has 7 nitrogen and oxygen atoms in total. The van der Waals surface area contributed by atoms with Gasteiger partial charge in [-0.15, -0.1) is 0 Å². The van der Waals surface area contributed by atoms with Gasteiger partial charge in [0.2, 0.25) is 0 Å². The Hall–Kier alpha value is 2.03. The first-order chi connectivity index (χ1) is 3.71. The molecular formula is HMgNaO7P2. The van der Waals surface area contributed by atoms with Crippen LogP contribution in [0.5, 0.6) is 0 Å². The van der Waals surface area contributed by atoms with Crippen LogP contribution in [0.15, 0.2) is 0 Å². The van der Waals surface area contributed by atoms with E-state index in [1.165, 1.54) is 0 Å². The zero-order valence-corrected chi connectivity index (χ0v) is 10.7. The molecule has 0 aliphatic heterocycles. The Balaban J connectivity index is -0.000000320. The van der Waals surface area contributed by atoms with Crippen molar-refractivity contribution < 1.29 is 62.6 Å². The molecule has 0 rings (SSSR count). The standard InChI is InChI=1S/Mg.Na.H4O7P2/c;;1-8(2,3)7-9(4,5)6/h;;(H2,1,2,3)(H2,4,5,6)/q+2;+1;/p-3. The van der Waals surface area contributed by atoms with Crippen LogP contribution in [0.2, 0.25) is 0 Å². The summed E-state index contributed by atoms with van der Waals surface area (Å²) >= 11 is 0. The van der Waals surface area contributed by atoms with E-state index < -0.39 is 15.6 Å². The zero-order valence-electron chi connectivity index (χ0n) is 5.50. The molecule has 0 amide bonds. The maximum atomic E-state index is 9.44. The molecule has 0 heterocycles. The van der Waals surface area contributed by atoms with Crippen molar-refractivity contribution in [1.82, 2.24) is 0 Å². The second-order valence-electron chi connectivity index (χ2n) is 0.997. The maximum Gasteiger partial charge on any atom is 2.00 e. The van der Waals surface area contributed by atoms with Gasteiger partial charge < -0.3 is 24.1 Å². The summed E-state index contributed by atoms with van der Waals surface area (Å²) in [6.45, 7) is 0. The molecule has 0 saturated carbocycles. The summed E-state index contributed by atoms with van der Waals surface area (Å²) in [6.07, 6.45) is 0. The first kappa shape index (κ1) is 18.7. The molecule has 0 aromatic carbocycles. The molecule has 0 aliphatic rings. The number of rotatable bonds is 2. The van der Waals surface area contributed by atoms with Crippen molar-refractivity contribution in [2.75, 3.05) is 0 Å². The van der Waals surface area contributed by atoms with E-state index in [2.05, 4.69) is 4.31 Å². The van der Waals surface area contributed by atoms with Gasteiger partial charge in [-0.25, -0.2) is 0 Å². The van der Waals surface area contributed by atoms with Crippen molar-refractivity contribution in [3.63, 3.8) is 0 Å². The van der Waals surface area contributed by atoms with Crippen LogP contribution in [-0.4, -0.2) is 27.9 Å². The average Bonchev–Trinajstić information content (AvgIpc) is 1.14. The van der Waals surface area contributed by atoms with Crippen molar-refractivity contribution in [1.29, 1.82) is 0 Å². The quantitative estimate of drug-likeness (QED) is 0.363. The normalized spacial score (nSPS) is 15.6. The molecule has 1 unspecified atom stereocenters. The molecule has 1 atom stereocenters. The van der Waals surface area contributed by atoms with Gasteiger partial charge in [-0.1, -0.05) is 0 Å². The van der Waals surface area contributed by atoms with Crippen molar-refractivity contribution in [2.24, 2.45) is 0 Å². The molecule has 1 N–H and O–H groups in total. The minimum atomic E-state index is -5.61. The van der Waals surface area contributed by atoms with Gasteiger partial charge in [-0.3, -0.25) is 8.88 Å². The van der Waals surface area contributed by atoms with Crippen molar-refractivity contribution in [3.8, 4) is 0 Å². The molecular weight excluding hydrogens is 221 g/mol. The zero-order chi connectivity index (χ0) is 7.71. The van der Waals surface area contributed by atoms with Gasteiger partial charge in [0, 0.05) is 0 Å². The molecule has 0 aromatic heterocycles.